The van der Waals surface area contributed by atoms with Crippen molar-refractivity contribution in [3.05, 3.63) is 182 Å². The van der Waals surface area contributed by atoms with Crippen LogP contribution in [0, 0.1) is 19.8 Å². The van der Waals surface area contributed by atoms with Crippen molar-refractivity contribution in [3.8, 4) is 0 Å². The van der Waals surface area contributed by atoms with Crippen LogP contribution in [0.25, 0.3) is 0 Å². The van der Waals surface area contributed by atoms with Crippen LogP contribution in [-0.4, -0.2) is 8.07 Å². The van der Waals surface area contributed by atoms with Gasteiger partial charge in [-0.3, -0.25) is 0 Å². The largest absolute Gasteiger partial charge is 0.176 e. The molecule has 1 heteroatoms. The number of benzene rings is 5. The average Bonchev–Trinajstić information content (AvgIpc) is 3.27. The summed E-state index contributed by atoms with van der Waals surface area (Å²) in [5.41, 5.74) is 15.6. The molecule has 0 spiro atoms. The third-order valence-corrected chi connectivity index (χ3v) is 16.1. The van der Waals surface area contributed by atoms with E-state index in [1.807, 2.05) is 0 Å². The Bertz CT molecular complexity index is 1890. The van der Waals surface area contributed by atoms with Crippen molar-refractivity contribution in [1.82, 2.24) is 0 Å². The first-order valence-electron chi connectivity index (χ1n) is 18.0. The Labute approximate surface area is 291 Å². The van der Waals surface area contributed by atoms with E-state index in [1.54, 1.807) is 5.20 Å². The zero-order valence-corrected chi connectivity index (χ0v) is 31.4. The molecule has 1 aliphatic rings. The highest BCUT2D eigenvalue weighted by atomic mass is 28.3. The van der Waals surface area contributed by atoms with Crippen molar-refractivity contribution in [2.45, 2.75) is 81.1 Å². The van der Waals surface area contributed by atoms with Gasteiger partial charge in [0, 0.05) is 0 Å². The van der Waals surface area contributed by atoms with E-state index in [4.69, 9.17) is 0 Å². The second-order valence-corrected chi connectivity index (χ2v) is 18.1. The van der Waals surface area contributed by atoms with Gasteiger partial charge < -0.3 is 0 Å². The average molecular weight is 645 g/mol. The van der Waals surface area contributed by atoms with Crippen molar-refractivity contribution in [2.75, 3.05) is 0 Å². The lowest BCUT2D eigenvalue weighted by molar-refractivity contribution is 0.851. The van der Waals surface area contributed by atoms with Crippen molar-refractivity contribution in [1.29, 1.82) is 0 Å². The highest BCUT2D eigenvalue weighted by molar-refractivity contribution is 7.16. The number of aryl methyl sites for hydroxylation is 4. The first-order chi connectivity index (χ1) is 23.1. The first-order valence-corrected chi connectivity index (χ1v) is 20.0. The predicted octanol–water partition coefficient (Wildman–Crippen LogP) is 9.92. The van der Waals surface area contributed by atoms with Crippen LogP contribution in [0.3, 0.4) is 0 Å². The molecular weight excluding hydrogens is 593 g/mol. The van der Waals surface area contributed by atoms with Gasteiger partial charge in [0.05, 0.1) is 0 Å². The van der Waals surface area contributed by atoms with E-state index >= 15 is 0 Å². The lowest BCUT2D eigenvalue weighted by atomic mass is 9.99. The first kappa shape index (κ1) is 33.7. The van der Waals surface area contributed by atoms with Crippen LogP contribution in [0.15, 0.2) is 137 Å². The van der Waals surface area contributed by atoms with Gasteiger partial charge in [-0.25, -0.2) is 0 Å². The molecule has 6 rings (SSSR count). The SMILES string of the molecule is CCc1cc(CC)cc([Si](C2=C(C)C(C)=C(C)C2C)(c2cc(C)cc(C)c2)c2cc(Cc3ccccc3)cc(Cc3ccccc3)c2)c1. The van der Waals surface area contributed by atoms with Crippen LogP contribution in [0.1, 0.15) is 86.1 Å². The van der Waals surface area contributed by atoms with Gasteiger partial charge >= 0.3 is 0 Å². The van der Waals surface area contributed by atoms with Gasteiger partial charge in [-0.15, -0.1) is 0 Å². The van der Waals surface area contributed by atoms with Gasteiger partial charge in [-0.1, -0.05) is 164 Å². The molecule has 0 N–H and O–H groups in total. The Morgan fingerprint density at radius 1 is 0.458 bits per heavy atom. The smallest absolute Gasteiger partial charge is 0.0636 e. The number of allylic oxidation sites excluding steroid dienone is 4. The summed E-state index contributed by atoms with van der Waals surface area (Å²) in [4.78, 5) is 0. The van der Waals surface area contributed by atoms with Crippen LogP contribution in [0.4, 0.5) is 0 Å². The minimum absolute atomic E-state index is 0.378. The topological polar surface area (TPSA) is 0 Å². The number of hydrogen-bond donors (Lipinski definition) is 0. The molecule has 2 atom stereocenters. The fraction of sp³-hybridized carbons (Fsp3) is 0.277. The van der Waals surface area contributed by atoms with Crippen molar-refractivity contribution >= 4 is 23.6 Å². The molecule has 0 fully saturated rings. The highest BCUT2D eigenvalue weighted by Gasteiger charge is 2.48. The van der Waals surface area contributed by atoms with Crippen molar-refractivity contribution in [2.24, 2.45) is 5.92 Å². The Balaban J connectivity index is 1.76. The lowest BCUT2D eigenvalue weighted by Crippen LogP contribution is -2.70. The van der Waals surface area contributed by atoms with Gasteiger partial charge in [-0.05, 0) is 121 Å². The summed E-state index contributed by atoms with van der Waals surface area (Å²) >= 11 is 0. The van der Waals surface area contributed by atoms with Crippen LogP contribution in [0.5, 0.6) is 0 Å². The molecule has 0 radical (unpaired) electrons. The molecule has 0 heterocycles. The molecule has 5 aromatic rings. The van der Waals surface area contributed by atoms with E-state index < -0.39 is 8.07 Å². The molecule has 5 aromatic carbocycles. The van der Waals surface area contributed by atoms with E-state index in [9.17, 15) is 0 Å². The van der Waals surface area contributed by atoms with E-state index in [-0.39, 0.29) is 0 Å². The molecular formula is C47H52Si. The van der Waals surface area contributed by atoms with Crippen molar-refractivity contribution < 1.29 is 0 Å². The molecule has 0 saturated carbocycles. The monoisotopic (exact) mass is 644 g/mol. The lowest BCUT2D eigenvalue weighted by Gasteiger charge is -2.40. The third-order valence-electron chi connectivity index (χ3n) is 11.0. The summed E-state index contributed by atoms with van der Waals surface area (Å²) < 4.78 is 0. The van der Waals surface area contributed by atoms with Crippen LogP contribution in [0.2, 0.25) is 0 Å². The fourth-order valence-electron chi connectivity index (χ4n) is 8.36. The zero-order valence-electron chi connectivity index (χ0n) is 30.4. The second kappa shape index (κ2) is 14.1. The Hall–Kier alpha value is -4.20. The molecule has 0 aromatic heterocycles. The van der Waals surface area contributed by atoms with E-state index in [2.05, 4.69) is 171 Å². The summed E-state index contributed by atoms with van der Waals surface area (Å²) in [5.74, 6) is 0.378. The van der Waals surface area contributed by atoms with Crippen LogP contribution in [-0.2, 0) is 25.7 Å². The van der Waals surface area contributed by atoms with E-state index in [0.29, 0.717) is 5.92 Å². The Morgan fingerprint density at radius 3 is 1.29 bits per heavy atom. The van der Waals surface area contributed by atoms with Crippen LogP contribution < -0.4 is 15.6 Å². The second-order valence-electron chi connectivity index (χ2n) is 14.3. The molecule has 0 aliphatic heterocycles. The molecule has 244 valence electrons. The fourth-order valence-corrected chi connectivity index (χ4v) is 14.4. The molecule has 48 heavy (non-hydrogen) atoms. The predicted molar refractivity (Wildman–Crippen MR) is 211 cm³/mol. The summed E-state index contributed by atoms with van der Waals surface area (Å²) in [6, 6.07) is 44.8. The van der Waals surface area contributed by atoms with Crippen LogP contribution >= 0.6 is 0 Å². The maximum absolute atomic E-state index is 2.82. The minimum atomic E-state index is -2.82. The van der Waals surface area contributed by atoms with Gasteiger partial charge in [0.1, 0.15) is 0 Å². The molecule has 0 amide bonds. The minimum Gasteiger partial charge on any atom is -0.0636 e. The quantitative estimate of drug-likeness (QED) is 0.105. The summed E-state index contributed by atoms with van der Waals surface area (Å²) in [5, 5.41) is 6.24. The molecule has 0 saturated heterocycles. The molecule has 0 nitrogen and oxygen atoms in total. The third kappa shape index (κ3) is 6.46. The van der Waals surface area contributed by atoms with E-state index in [1.165, 1.54) is 76.8 Å². The van der Waals surface area contributed by atoms with Gasteiger partial charge in [-0.2, -0.15) is 0 Å². The van der Waals surface area contributed by atoms with Gasteiger partial charge in [0.2, 0.25) is 0 Å². The summed E-state index contributed by atoms with van der Waals surface area (Å²) in [7, 11) is -2.82. The van der Waals surface area contributed by atoms with E-state index in [0.717, 1.165) is 25.7 Å². The molecule has 2 unspecified atom stereocenters. The number of rotatable bonds is 10. The maximum atomic E-state index is 2.62. The normalized spacial score (nSPS) is 16.0. The molecule has 0 bridgehead atoms. The standard InChI is InChI=1S/C47H52Si/c1-9-38-24-39(10-2)29-45(28-38)48(44-22-32(3)21-33(4)23-44,47-36(7)34(5)35(6)37(47)8)46-30-42(25-40-17-13-11-14-18-40)27-43(31-46)26-41-19-15-12-16-20-41/h11-24,27-31,36H,9-10,25-26H2,1-8H3. The van der Waals surface area contributed by atoms with Crippen molar-refractivity contribution in [3.63, 3.8) is 0 Å². The number of hydrogen-bond acceptors (Lipinski definition) is 0. The zero-order chi connectivity index (χ0) is 34.0. The molecule has 1 aliphatic carbocycles. The van der Waals surface area contributed by atoms with Gasteiger partial charge in [0.15, 0.2) is 8.07 Å². The Morgan fingerprint density at radius 2 is 0.875 bits per heavy atom. The van der Waals surface area contributed by atoms with Gasteiger partial charge in [0.25, 0.3) is 0 Å². The Kier molecular flexibility index (Phi) is 9.90. The summed E-state index contributed by atoms with van der Waals surface area (Å²) in [6.45, 7) is 18.9. The maximum Gasteiger partial charge on any atom is 0.176 e. The highest BCUT2D eigenvalue weighted by Crippen LogP contribution is 2.42. The summed E-state index contributed by atoms with van der Waals surface area (Å²) in [6.07, 6.45) is 3.92.